The van der Waals surface area contributed by atoms with Gasteiger partial charge in [-0.2, -0.15) is 0 Å². The van der Waals surface area contributed by atoms with Crippen molar-refractivity contribution in [2.45, 2.75) is 19.1 Å². The third-order valence-corrected chi connectivity index (χ3v) is 3.64. The summed E-state index contributed by atoms with van der Waals surface area (Å²) in [5, 5.41) is 9.81. The summed E-state index contributed by atoms with van der Waals surface area (Å²) in [6.07, 6.45) is 0.810. The molecule has 0 aromatic heterocycles. The minimum Gasteiger partial charge on any atom is -0.488 e. The van der Waals surface area contributed by atoms with Gasteiger partial charge in [0.1, 0.15) is 24.2 Å². The van der Waals surface area contributed by atoms with E-state index in [2.05, 4.69) is 6.07 Å². The Hall–Kier alpha value is -1.71. The van der Waals surface area contributed by atoms with Gasteiger partial charge in [0.15, 0.2) is 0 Å². The number of fused-ring (bicyclic) bond motifs is 1. The van der Waals surface area contributed by atoms with E-state index in [1.54, 1.807) is 18.2 Å². The van der Waals surface area contributed by atoms with E-state index >= 15 is 0 Å². The molecule has 104 valence electrons. The summed E-state index contributed by atoms with van der Waals surface area (Å²) in [7, 11) is 0. The van der Waals surface area contributed by atoms with Crippen LogP contribution in [0.1, 0.15) is 11.1 Å². The molecule has 1 unspecified atom stereocenters. The van der Waals surface area contributed by atoms with Crippen molar-refractivity contribution in [3.63, 3.8) is 0 Å². The number of ether oxygens (including phenoxy) is 2. The summed E-state index contributed by atoms with van der Waals surface area (Å²) >= 11 is 6.11. The van der Waals surface area contributed by atoms with Crippen LogP contribution in [0.3, 0.4) is 0 Å². The quantitative estimate of drug-likeness (QED) is 0.940. The van der Waals surface area contributed by atoms with Crippen molar-refractivity contribution in [2.75, 3.05) is 6.61 Å². The summed E-state index contributed by atoms with van der Waals surface area (Å²) in [5.41, 5.74) is 1.88. The topological polar surface area (TPSA) is 38.7 Å². The molecule has 2 aromatic carbocycles. The minimum absolute atomic E-state index is 0.0183. The van der Waals surface area contributed by atoms with E-state index in [0.717, 1.165) is 12.2 Å². The molecule has 1 aliphatic rings. The van der Waals surface area contributed by atoms with E-state index in [1.807, 2.05) is 18.2 Å². The van der Waals surface area contributed by atoms with Gasteiger partial charge in [0.05, 0.1) is 11.6 Å². The van der Waals surface area contributed by atoms with E-state index in [4.69, 9.17) is 21.1 Å². The Kier molecular flexibility index (Phi) is 3.81. The lowest BCUT2D eigenvalue weighted by atomic mass is 10.1. The van der Waals surface area contributed by atoms with Gasteiger partial charge >= 0.3 is 0 Å². The second-order valence-electron chi connectivity index (χ2n) is 4.75. The lowest BCUT2D eigenvalue weighted by Crippen LogP contribution is -2.22. The van der Waals surface area contributed by atoms with Gasteiger partial charge < -0.3 is 14.6 Å². The molecule has 3 rings (SSSR count). The lowest BCUT2D eigenvalue weighted by Gasteiger charge is -2.15. The highest BCUT2D eigenvalue weighted by atomic mass is 35.5. The number of aliphatic hydroxyl groups excluding tert-OH is 1. The molecule has 2 aromatic rings. The zero-order valence-corrected chi connectivity index (χ0v) is 11.6. The second kappa shape index (κ2) is 5.73. The van der Waals surface area contributed by atoms with Gasteiger partial charge in [-0.15, -0.1) is 0 Å². The molecule has 1 atom stereocenters. The number of rotatable bonds is 4. The summed E-state index contributed by atoms with van der Waals surface area (Å²) in [6, 6.07) is 13.3. The van der Waals surface area contributed by atoms with Crippen molar-refractivity contribution in [2.24, 2.45) is 0 Å². The van der Waals surface area contributed by atoms with E-state index in [0.29, 0.717) is 22.9 Å². The second-order valence-corrected chi connectivity index (χ2v) is 5.16. The normalized spacial score (nSPS) is 16.6. The Labute approximate surface area is 122 Å². The van der Waals surface area contributed by atoms with Crippen molar-refractivity contribution >= 4 is 11.6 Å². The Bertz CT molecular complexity index is 587. The molecule has 1 N–H and O–H groups in total. The van der Waals surface area contributed by atoms with Gasteiger partial charge in [-0.05, 0) is 17.7 Å². The van der Waals surface area contributed by atoms with Crippen molar-refractivity contribution < 1.29 is 14.6 Å². The summed E-state index contributed by atoms with van der Waals surface area (Å²) in [6.45, 7) is 0.313. The van der Waals surface area contributed by atoms with Gasteiger partial charge in [0, 0.05) is 12.0 Å². The molecule has 0 saturated heterocycles. The van der Waals surface area contributed by atoms with Gasteiger partial charge in [-0.25, -0.2) is 0 Å². The molecule has 0 saturated carbocycles. The smallest absolute Gasteiger partial charge is 0.143 e. The molecule has 4 heteroatoms. The van der Waals surface area contributed by atoms with Crippen molar-refractivity contribution in [3.05, 3.63) is 58.6 Å². The Morgan fingerprint density at radius 1 is 1.20 bits per heavy atom. The first-order valence-corrected chi connectivity index (χ1v) is 6.91. The highest BCUT2D eigenvalue weighted by Gasteiger charge is 2.23. The number of para-hydroxylation sites is 2. The molecule has 0 spiro atoms. The molecular weight excluding hydrogens is 276 g/mol. The van der Waals surface area contributed by atoms with E-state index in [1.165, 1.54) is 5.56 Å². The van der Waals surface area contributed by atoms with Gasteiger partial charge in [0.25, 0.3) is 0 Å². The summed E-state index contributed by atoms with van der Waals surface area (Å²) in [4.78, 5) is 0. The largest absolute Gasteiger partial charge is 0.488 e. The fourth-order valence-electron chi connectivity index (χ4n) is 2.36. The highest BCUT2D eigenvalue weighted by Crippen LogP contribution is 2.31. The lowest BCUT2D eigenvalue weighted by molar-refractivity contribution is 0.146. The third kappa shape index (κ3) is 2.60. The highest BCUT2D eigenvalue weighted by molar-refractivity contribution is 6.32. The number of hydrogen-bond acceptors (Lipinski definition) is 3. The fourth-order valence-corrected chi connectivity index (χ4v) is 2.61. The number of halogens is 1. The molecule has 1 heterocycles. The molecule has 0 radical (unpaired) electrons. The van der Waals surface area contributed by atoms with E-state index < -0.39 is 0 Å². The van der Waals surface area contributed by atoms with Crippen molar-refractivity contribution in [1.29, 1.82) is 0 Å². The third-order valence-electron chi connectivity index (χ3n) is 3.35. The Balaban J connectivity index is 1.67. The maximum Gasteiger partial charge on any atom is 0.143 e. The van der Waals surface area contributed by atoms with Crippen LogP contribution in [0.15, 0.2) is 42.5 Å². The minimum atomic E-state index is -0.0956. The predicted octanol–water partition coefficient (Wildman–Crippen LogP) is 3.21. The number of aliphatic hydroxyl groups is 1. The first-order valence-electron chi connectivity index (χ1n) is 6.53. The van der Waals surface area contributed by atoms with Crippen LogP contribution in [0.4, 0.5) is 0 Å². The summed E-state index contributed by atoms with van der Waals surface area (Å²) in [5.74, 6) is 1.46. The predicted molar refractivity (Wildman–Crippen MR) is 77.4 cm³/mol. The summed E-state index contributed by atoms with van der Waals surface area (Å²) < 4.78 is 11.6. The number of benzene rings is 2. The standard InChI is InChI=1S/C16H15ClO3/c17-14-6-3-5-12(9-18)16(14)19-10-13-8-11-4-1-2-7-15(11)20-13/h1-7,13,18H,8-10H2. The molecule has 0 amide bonds. The Morgan fingerprint density at radius 2 is 2.05 bits per heavy atom. The van der Waals surface area contributed by atoms with Crippen LogP contribution in [-0.4, -0.2) is 17.8 Å². The van der Waals surface area contributed by atoms with E-state index in [-0.39, 0.29) is 12.7 Å². The molecule has 0 fully saturated rings. The fraction of sp³-hybridized carbons (Fsp3) is 0.250. The van der Waals surface area contributed by atoms with Crippen LogP contribution in [-0.2, 0) is 13.0 Å². The zero-order chi connectivity index (χ0) is 13.9. The van der Waals surface area contributed by atoms with Gasteiger partial charge in [-0.3, -0.25) is 0 Å². The molecular formula is C16H15ClO3. The van der Waals surface area contributed by atoms with Crippen LogP contribution in [0.2, 0.25) is 5.02 Å². The first kappa shape index (κ1) is 13.3. The molecule has 3 nitrogen and oxygen atoms in total. The molecule has 20 heavy (non-hydrogen) atoms. The molecule has 0 aliphatic carbocycles. The van der Waals surface area contributed by atoms with Crippen LogP contribution in [0.25, 0.3) is 0 Å². The van der Waals surface area contributed by atoms with Gasteiger partial charge in [0.2, 0.25) is 0 Å². The number of hydrogen-bond donors (Lipinski definition) is 1. The molecule has 1 aliphatic heterocycles. The first-order chi connectivity index (χ1) is 9.78. The molecule has 0 bridgehead atoms. The van der Waals surface area contributed by atoms with Crippen LogP contribution < -0.4 is 9.47 Å². The monoisotopic (exact) mass is 290 g/mol. The van der Waals surface area contributed by atoms with Crippen LogP contribution in [0, 0.1) is 0 Å². The maximum absolute atomic E-state index is 9.31. The SMILES string of the molecule is OCc1cccc(Cl)c1OCC1Cc2ccccc2O1. The average molecular weight is 291 g/mol. The zero-order valence-electron chi connectivity index (χ0n) is 10.9. The van der Waals surface area contributed by atoms with E-state index in [9.17, 15) is 5.11 Å². The Morgan fingerprint density at radius 3 is 2.85 bits per heavy atom. The van der Waals surface area contributed by atoms with Crippen LogP contribution in [0.5, 0.6) is 11.5 Å². The van der Waals surface area contributed by atoms with Crippen molar-refractivity contribution in [1.82, 2.24) is 0 Å². The van der Waals surface area contributed by atoms with Crippen molar-refractivity contribution in [3.8, 4) is 11.5 Å². The maximum atomic E-state index is 9.31. The average Bonchev–Trinajstić information content (AvgIpc) is 2.88. The van der Waals surface area contributed by atoms with Crippen LogP contribution >= 0.6 is 11.6 Å². The van der Waals surface area contributed by atoms with Gasteiger partial charge in [-0.1, -0.05) is 41.9 Å².